The fourth-order valence-electron chi connectivity index (χ4n) is 3.61. The molecule has 0 radical (unpaired) electrons. The first-order valence-electron chi connectivity index (χ1n) is 11.9. The predicted molar refractivity (Wildman–Crippen MR) is 140 cm³/mol. The standard InChI is InChI=1S/C29H27N3O5/c1-2-36-24-12-8-21(9-13-24)26-18-28(34)32(20-31-26)17-16-30-27(33)19-37-25-14-10-23(11-15-25)29(35)22-6-4-3-5-7-22/h3-15,18,20H,2,16-17,19H2,1H3,(H,30,33). The van der Waals surface area contributed by atoms with Gasteiger partial charge in [0.2, 0.25) is 0 Å². The van der Waals surface area contributed by atoms with Gasteiger partial charge in [0.25, 0.3) is 11.5 Å². The first-order chi connectivity index (χ1) is 18.0. The third-order valence-corrected chi connectivity index (χ3v) is 5.54. The number of benzene rings is 3. The summed E-state index contributed by atoms with van der Waals surface area (Å²) in [4.78, 5) is 41.5. The lowest BCUT2D eigenvalue weighted by Gasteiger charge is -2.10. The van der Waals surface area contributed by atoms with Gasteiger partial charge >= 0.3 is 0 Å². The largest absolute Gasteiger partial charge is 0.494 e. The van der Waals surface area contributed by atoms with Crippen molar-refractivity contribution in [3.8, 4) is 22.8 Å². The number of amides is 1. The summed E-state index contributed by atoms with van der Waals surface area (Å²) >= 11 is 0. The zero-order valence-corrected chi connectivity index (χ0v) is 20.4. The van der Waals surface area contributed by atoms with Crippen molar-refractivity contribution in [1.82, 2.24) is 14.9 Å². The Balaban J connectivity index is 1.23. The molecule has 1 heterocycles. The third kappa shape index (κ3) is 6.91. The number of carbonyl (C=O) groups is 2. The Bertz CT molecular complexity index is 1400. The third-order valence-electron chi connectivity index (χ3n) is 5.54. The van der Waals surface area contributed by atoms with Crippen LogP contribution in [-0.2, 0) is 11.3 Å². The Morgan fingerprint density at radius 3 is 2.19 bits per heavy atom. The number of nitrogens with zero attached hydrogens (tertiary/aromatic N) is 2. The van der Waals surface area contributed by atoms with E-state index >= 15 is 0 Å². The topological polar surface area (TPSA) is 99.5 Å². The van der Waals surface area contributed by atoms with E-state index in [-0.39, 0.29) is 36.9 Å². The molecule has 0 atom stereocenters. The summed E-state index contributed by atoms with van der Waals surface area (Å²) in [5, 5.41) is 2.72. The Morgan fingerprint density at radius 1 is 0.865 bits per heavy atom. The van der Waals surface area contributed by atoms with E-state index in [9.17, 15) is 14.4 Å². The summed E-state index contributed by atoms with van der Waals surface area (Å²) in [5.74, 6) is 0.832. The molecule has 1 N–H and O–H groups in total. The molecular weight excluding hydrogens is 470 g/mol. The molecule has 188 valence electrons. The second kappa shape index (κ2) is 12.3. The molecule has 0 spiro atoms. The molecule has 37 heavy (non-hydrogen) atoms. The van der Waals surface area contributed by atoms with Crippen molar-refractivity contribution in [1.29, 1.82) is 0 Å². The minimum atomic E-state index is -0.323. The number of nitrogens with one attached hydrogen (secondary N) is 1. The first kappa shape index (κ1) is 25.4. The lowest BCUT2D eigenvalue weighted by molar-refractivity contribution is -0.123. The van der Waals surface area contributed by atoms with Crippen molar-refractivity contribution >= 4 is 11.7 Å². The second-order valence-electron chi connectivity index (χ2n) is 8.12. The number of aromatic nitrogens is 2. The van der Waals surface area contributed by atoms with Crippen molar-refractivity contribution in [3.05, 3.63) is 113 Å². The number of hydrogen-bond donors (Lipinski definition) is 1. The molecule has 8 heteroatoms. The minimum absolute atomic E-state index is 0.0814. The maximum atomic E-state index is 12.5. The van der Waals surface area contributed by atoms with Crippen molar-refractivity contribution < 1.29 is 19.1 Å². The number of hydrogen-bond acceptors (Lipinski definition) is 6. The molecule has 0 bridgehead atoms. The van der Waals surface area contributed by atoms with Crippen LogP contribution in [0.4, 0.5) is 0 Å². The average Bonchev–Trinajstić information content (AvgIpc) is 2.94. The van der Waals surface area contributed by atoms with Gasteiger partial charge in [-0.2, -0.15) is 0 Å². The van der Waals surface area contributed by atoms with Gasteiger partial charge in [-0.1, -0.05) is 30.3 Å². The summed E-state index contributed by atoms with van der Waals surface area (Å²) in [6.45, 7) is 2.84. The zero-order chi connectivity index (χ0) is 26.0. The van der Waals surface area contributed by atoms with Gasteiger partial charge in [0.05, 0.1) is 18.6 Å². The monoisotopic (exact) mass is 497 g/mol. The minimum Gasteiger partial charge on any atom is -0.494 e. The molecule has 0 unspecified atom stereocenters. The summed E-state index contributed by atoms with van der Waals surface area (Å²) in [6.07, 6.45) is 1.47. The molecule has 0 aliphatic rings. The van der Waals surface area contributed by atoms with Gasteiger partial charge in [-0.05, 0) is 55.5 Å². The molecule has 3 aromatic carbocycles. The molecule has 0 saturated carbocycles. The number of rotatable bonds is 11. The van der Waals surface area contributed by atoms with Crippen LogP contribution >= 0.6 is 0 Å². The van der Waals surface area contributed by atoms with Gasteiger partial charge < -0.3 is 14.8 Å². The summed E-state index contributed by atoms with van der Waals surface area (Å²) in [7, 11) is 0. The van der Waals surface area contributed by atoms with E-state index in [1.165, 1.54) is 17.0 Å². The van der Waals surface area contributed by atoms with E-state index in [4.69, 9.17) is 9.47 Å². The summed E-state index contributed by atoms with van der Waals surface area (Å²) in [6, 6.07) is 24.5. The van der Waals surface area contributed by atoms with Gasteiger partial charge in [-0.25, -0.2) is 4.98 Å². The molecule has 1 amide bonds. The van der Waals surface area contributed by atoms with Crippen LogP contribution in [0.15, 0.2) is 96.1 Å². The number of ketones is 1. The van der Waals surface area contributed by atoms with E-state index < -0.39 is 0 Å². The normalized spacial score (nSPS) is 10.5. The van der Waals surface area contributed by atoms with Crippen molar-refractivity contribution in [2.75, 3.05) is 19.8 Å². The highest BCUT2D eigenvalue weighted by molar-refractivity contribution is 6.09. The fraction of sp³-hybridized carbons (Fsp3) is 0.172. The van der Waals surface area contributed by atoms with Gasteiger partial charge in [0.15, 0.2) is 12.4 Å². The molecule has 0 aliphatic heterocycles. The lowest BCUT2D eigenvalue weighted by atomic mass is 10.0. The highest BCUT2D eigenvalue weighted by atomic mass is 16.5. The summed E-state index contributed by atoms with van der Waals surface area (Å²) < 4.78 is 12.4. The highest BCUT2D eigenvalue weighted by Gasteiger charge is 2.09. The number of ether oxygens (including phenoxy) is 2. The highest BCUT2D eigenvalue weighted by Crippen LogP contribution is 2.19. The number of carbonyl (C=O) groups excluding carboxylic acids is 2. The molecule has 0 saturated heterocycles. The summed E-state index contributed by atoms with van der Waals surface area (Å²) in [5.41, 5.74) is 2.31. The Hall–Kier alpha value is -4.72. The zero-order valence-electron chi connectivity index (χ0n) is 20.4. The van der Waals surface area contributed by atoms with Gasteiger partial charge in [-0.15, -0.1) is 0 Å². The maximum Gasteiger partial charge on any atom is 0.258 e. The average molecular weight is 498 g/mol. The van der Waals surface area contributed by atoms with Crippen molar-refractivity contribution in [2.45, 2.75) is 13.5 Å². The molecule has 4 rings (SSSR count). The molecule has 0 fully saturated rings. The second-order valence-corrected chi connectivity index (χ2v) is 8.12. The van der Waals surface area contributed by atoms with E-state index in [1.54, 1.807) is 36.4 Å². The van der Waals surface area contributed by atoms with Gasteiger partial charge in [0, 0.05) is 35.8 Å². The fourth-order valence-corrected chi connectivity index (χ4v) is 3.61. The van der Waals surface area contributed by atoms with Crippen LogP contribution in [0.5, 0.6) is 11.5 Å². The SMILES string of the molecule is CCOc1ccc(-c2cc(=O)n(CCNC(=O)COc3ccc(C(=O)c4ccccc4)cc3)cn2)cc1. The Kier molecular flexibility index (Phi) is 8.44. The van der Waals surface area contributed by atoms with Crippen LogP contribution < -0.4 is 20.3 Å². The molecule has 8 nitrogen and oxygen atoms in total. The van der Waals surface area contributed by atoms with Gasteiger partial charge in [0.1, 0.15) is 11.5 Å². The lowest BCUT2D eigenvalue weighted by Crippen LogP contribution is -2.33. The van der Waals surface area contributed by atoms with Crippen LogP contribution in [0.25, 0.3) is 11.3 Å². The molecular formula is C29H27N3O5. The molecule has 0 aliphatic carbocycles. The van der Waals surface area contributed by atoms with E-state index in [1.807, 2.05) is 49.4 Å². The molecule has 4 aromatic rings. The van der Waals surface area contributed by atoms with Crippen LogP contribution in [0.2, 0.25) is 0 Å². The quantitative estimate of drug-likeness (QED) is 0.317. The Labute approximate surface area is 214 Å². The van der Waals surface area contributed by atoms with Crippen LogP contribution in [0, 0.1) is 0 Å². The van der Waals surface area contributed by atoms with Crippen LogP contribution in [-0.4, -0.2) is 41.0 Å². The van der Waals surface area contributed by atoms with Gasteiger partial charge in [-0.3, -0.25) is 19.0 Å². The van der Waals surface area contributed by atoms with Crippen LogP contribution in [0.1, 0.15) is 22.8 Å². The van der Waals surface area contributed by atoms with E-state index in [0.717, 1.165) is 11.3 Å². The van der Waals surface area contributed by atoms with Crippen LogP contribution in [0.3, 0.4) is 0 Å². The van der Waals surface area contributed by atoms with Crippen molar-refractivity contribution in [3.63, 3.8) is 0 Å². The van der Waals surface area contributed by atoms with E-state index in [0.29, 0.717) is 29.2 Å². The van der Waals surface area contributed by atoms with E-state index in [2.05, 4.69) is 10.3 Å². The molecule has 1 aromatic heterocycles. The van der Waals surface area contributed by atoms with Crippen molar-refractivity contribution in [2.24, 2.45) is 0 Å². The maximum absolute atomic E-state index is 12.5. The Morgan fingerprint density at radius 2 is 1.51 bits per heavy atom. The first-order valence-corrected chi connectivity index (χ1v) is 11.9. The smallest absolute Gasteiger partial charge is 0.258 e. The predicted octanol–water partition coefficient (Wildman–Crippen LogP) is 3.74.